The van der Waals surface area contributed by atoms with Crippen molar-refractivity contribution in [3.05, 3.63) is 70.8 Å². The second-order valence-corrected chi connectivity index (χ2v) is 8.47. The first-order valence-electron chi connectivity index (χ1n) is 9.37. The molecule has 0 heterocycles. The molecular weight excluding hydrogens is 304 g/mol. The molecule has 2 aromatic rings. The summed E-state index contributed by atoms with van der Waals surface area (Å²) in [7, 11) is 0. The predicted molar refractivity (Wildman–Crippen MR) is 108 cm³/mol. The average Bonchev–Trinajstić information content (AvgIpc) is 2.53. The zero-order chi connectivity index (χ0) is 18.8. The largest absolute Gasteiger partial charge is 0.368 e. The maximum atomic E-state index is 6.77. The third-order valence-electron chi connectivity index (χ3n) is 5.92. The third kappa shape index (κ3) is 4.33. The summed E-state index contributed by atoms with van der Waals surface area (Å²) in [4.78, 5) is 0. The minimum atomic E-state index is -0.257. The summed E-state index contributed by atoms with van der Waals surface area (Å²) in [6.45, 7) is 17.8. The van der Waals surface area contributed by atoms with Crippen molar-refractivity contribution in [1.82, 2.24) is 0 Å². The number of hydrogen-bond donors (Lipinski definition) is 0. The van der Waals surface area contributed by atoms with Gasteiger partial charge in [0.1, 0.15) is 0 Å². The molecular formula is C24H34O. The molecule has 2 aromatic carbocycles. The Labute approximate surface area is 154 Å². The molecule has 0 amide bonds. The van der Waals surface area contributed by atoms with Gasteiger partial charge >= 0.3 is 0 Å². The van der Waals surface area contributed by atoms with Crippen LogP contribution in [0.1, 0.15) is 75.6 Å². The number of rotatable bonds is 6. The van der Waals surface area contributed by atoms with Crippen LogP contribution in [0.4, 0.5) is 0 Å². The average molecular weight is 339 g/mol. The highest BCUT2D eigenvalue weighted by molar-refractivity contribution is 5.32. The van der Waals surface area contributed by atoms with Gasteiger partial charge in [0.2, 0.25) is 0 Å². The first-order valence-corrected chi connectivity index (χ1v) is 9.37. The van der Waals surface area contributed by atoms with E-state index in [1.54, 1.807) is 0 Å². The molecule has 0 aliphatic rings. The minimum absolute atomic E-state index is 0.257. The quantitative estimate of drug-likeness (QED) is 0.564. The van der Waals surface area contributed by atoms with Crippen LogP contribution in [0.5, 0.6) is 0 Å². The number of hydrogen-bond acceptors (Lipinski definition) is 1. The van der Waals surface area contributed by atoms with E-state index in [-0.39, 0.29) is 11.2 Å². The molecule has 1 heteroatoms. The minimum Gasteiger partial charge on any atom is -0.368 e. The third-order valence-corrected chi connectivity index (χ3v) is 5.92. The molecule has 0 spiro atoms. The van der Waals surface area contributed by atoms with Gasteiger partial charge in [-0.25, -0.2) is 0 Å². The predicted octanol–water partition coefficient (Wildman–Crippen LogP) is 6.78. The highest BCUT2D eigenvalue weighted by atomic mass is 16.5. The van der Waals surface area contributed by atoms with Crippen LogP contribution >= 0.6 is 0 Å². The Bertz CT molecular complexity index is 650. The number of benzene rings is 2. The van der Waals surface area contributed by atoms with E-state index in [0.717, 1.165) is 0 Å². The summed E-state index contributed by atoms with van der Waals surface area (Å²) in [5, 5.41) is 0. The fourth-order valence-corrected chi connectivity index (χ4v) is 3.75. The van der Waals surface area contributed by atoms with Gasteiger partial charge in [-0.3, -0.25) is 0 Å². The summed E-state index contributed by atoms with van der Waals surface area (Å²) in [5.74, 6) is 0.633. The lowest BCUT2D eigenvalue weighted by Crippen LogP contribution is -2.43. The molecule has 0 fully saturated rings. The van der Waals surface area contributed by atoms with Crippen LogP contribution in [0.3, 0.4) is 0 Å². The summed E-state index contributed by atoms with van der Waals surface area (Å²) >= 11 is 0. The van der Waals surface area contributed by atoms with E-state index in [1.807, 2.05) is 0 Å². The molecule has 0 aliphatic heterocycles. The Hall–Kier alpha value is -1.60. The van der Waals surface area contributed by atoms with Crippen molar-refractivity contribution in [2.24, 2.45) is 0 Å². The normalized spacial score (nSPS) is 15.0. The Morgan fingerprint density at radius 3 is 1.28 bits per heavy atom. The number of aryl methyl sites for hydroxylation is 2. The molecule has 0 radical (unpaired) electrons. The lowest BCUT2D eigenvalue weighted by atomic mass is 9.80. The molecule has 1 nitrogen and oxygen atoms in total. The molecule has 0 N–H and O–H groups in total. The van der Waals surface area contributed by atoms with Gasteiger partial charge in [0, 0.05) is 11.8 Å². The Morgan fingerprint density at radius 2 is 0.960 bits per heavy atom. The molecule has 2 rings (SSSR count). The van der Waals surface area contributed by atoms with Crippen molar-refractivity contribution in [2.45, 2.75) is 78.4 Å². The second-order valence-electron chi connectivity index (χ2n) is 8.47. The van der Waals surface area contributed by atoms with Gasteiger partial charge in [-0.05, 0) is 63.8 Å². The molecule has 136 valence electrons. The van der Waals surface area contributed by atoms with E-state index in [4.69, 9.17) is 4.74 Å². The van der Waals surface area contributed by atoms with Gasteiger partial charge in [0.15, 0.2) is 0 Å². The van der Waals surface area contributed by atoms with Crippen molar-refractivity contribution in [1.29, 1.82) is 0 Å². The Kier molecular flexibility index (Phi) is 5.79. The maximum Gasteiger partial charge on any atom is 0.0699 e. The van der Waals surface area contributed by atoms with Gasteiger partial charge in [-0.1, -0.05) is 62.4 Å². The smallest absolute Gasteiger partial charge is 0.0699 e. The van der Waals surface area contributed by atoms with E-state index in [2.05, 4.69) is 104 Å². The first-order chi connectivity index (χ1) is 11.6. The molecule has 2 unspecified atom stereocenters. The van der Waals surface area contributed by atoms with Crippen LogP contribution in [0, 0.1) is 13.8 Å². The Morgan fingerprint density at radius 1 is 0.640 bits per heavy atom. The zero-order valence-corrected chi connectivity index (χ0v) is 17.2. The highest BCUT2D eigenvalue weighted by Gasteiger charge is 2.38. The van der Waals surface area contributed by atoms with Crippen LogP contribution in [0.15, 0.2) is 48.5 Å². The fourth-order valence-electron chi connectivity index (χ4n) is 3.75. The molecule has 0 saturated heterocycles. The summed E-state index contributed by atoms with van der Waals surface area (Å²) in [6, 6.07) is 17.3. The highest BCUT2D eigenvalue weighted by Crippen LogP contribution is 2.40. The zero-order valence-electron chi connectivity index (χ0n) is 17.2. The van der Waals surface area contributed by atoms with E-state index >= 15 is 0 Å². The van der Waals surface area contributed by atoms with Crippen molar-refractivity contribution in [3.8, 4) is 0 Å². The van der Waals surface area contributed by atoms with Crippen LogP contribution in [0.2, 0.25) is 0 Å². The number of ether oxygens (including phenoxy) is 1. The van der Waals surface area contributed by atoms with Gasteiger partial charge in [-0.15, -0.1) is 0 Å². The second kappa shape index (κ2) is 7.33. The standard InChI is InChI=1S/C24H34O/c1-17-13-9-11-15-21(17)19(3)23(5,6)25-24(7,8)20(4)22-16-12-10-14-18(22)2/h9-16,19-20H,1-8H3. The SMILES string of the molecule is Cc1ccccc1C(C)C(C)(C)OC(C)(C)C(C)c1ccccc1C. The van der Waals surface area contributed by atoms with Crippen molar-refractivity contribution in [2.75, 3.05) is 0 Å². The molecule has 0 saturated carbocycles. The summed E-state index contributed by atoms with van der Waals surface area (Å²) in [5.41, 5.74) is 4.88. The van der Waals surface area contributed by atoms with Crippen LogP contribution in [-0.2, 0) is 4.74 Å². The van der Waals surface area contributed by atoms with Crippen LogP contribution in [0.25, 0.3) is 0 Å². The van der Waals surface area contributed by atoms with Gasteiger partial charge in [-0.2, -0.15) is 0 Å². The van der Waals surface area contributed by atoms with E-state index in [1.165, 1.54) is 22.3 Å². The Balaban J connectivity index is 2.26. The molecule has 2 atom stereocenters. The van der Waals surface area contributed by atoms with Gasteiger partial charge in [0.05, 0.1) is 11.2 Å². The van der Waals surface area contributed by atoms with Crippen molar-refractivity contribution < 1.29 is 4.74 Å². The molecule has 0 bridgehead atoms. The lowest BCUT2D eigenvalue weighted by molar-refractivity contribution is -0.142. The maximum absolute atomic E-state index is 6.77. The topological polar surface area (TPSA) is 9.23 Å². The van der Waals surface area contributed by atoms with E-state index in [0.29, 0.717) is 11.8 Å². The summed E-state index contributed by atoms with van der Waals surface area (Å²) in [6.07, 6.45) is 0. The van der Waals surface area contributed by atoms with Crippen LogP contribution < -0.4 is 0 Å². The van der Waals surface area contributed by atoms with E-state index in [9.17, 15) is 0 Å². The lowest BCUT2D eigenvalue weighted by Gasteiger charge is -2.43. The van der Waals surface area contributed by atoms with Crippen molar-refractivity contribution >= 4 is 0 Å². The van der Waals surface area contributed by atoms with Crippen LogP contribution in [-0.4, -0.2) is 11.2 Å². The van der Waals surface area contributed by atoms with Crippen molar-refractivity contribution in [3.63, 3.8) is 0 Å². The monoisotopic (exact) mass is 338 g/mol. The molecule has 0 aromatic heterocycles. The fraction of sp³-hybridized carbons (Fsp3) is 0.500. The molecule has 0 aliphatic carbocycles. The summed E-state index contributed by atoms with van der Waals surface area (Å²) < 4.78 is 6.77. The van der Waals surface area contributed by atoms with Gasteiger partial charge < -0.3 is 4.74 Å². The van der Waals surface area contributed by atoms with Gasteiger partial charge in [0.25, 0.3) is 0 Å². The first kappa shape index (κ1) is 19.7. The van der Waals surface area contributed by atoms with E-state index < -0.39 is 0 Å². The molecule has 25 heavy (non-hydrogen) atoms.